The van der Waals surface area contributed by atoms with Crippen molar-refractivity contribution in [3.05, 3.63) is 22.8 Å². The van der Waals surface area contributed by atoms with Gasteiger partial charge < -0.3 is 15.0 Å². The standard InChI is InChI=1S/C11H14O3/c1-7-8(2)11(14)10(13)6-9(7)4-3-5-12/h5-6,13-14H,3-4H2,1-2H3. The molecule has 0 aliphatic rings. The maximum atomic E-state index is 10.2. The number of rotatable bonds is 3. The Morgan fingerprint density at radius 1 is 1.29 bits per heavy atom. The van der Waals surface area contributed by atoms with Gasteiger partial charge in [-0.3, -0.25) is 0 Å². The molecule has 0 aliphatic carbocycles. The maximum Gasteiger partial charge on any atom is 0.160 e. The zero-order valence-corrected chi connectivity index (χ0v) is 8.37. The monoisotopic (exact) mass is 194 g/mol. The van der Waals surface area contributed by atoms with Gasteiger partial charge in [0, 0.05) is 6.42 Å². The molecule has 0 aliphatic heterocycles. The Morgan fingerprint density at radius 2 is 1.93 bits per heavy atom. The van der Waals surface area contributed by atoms with Crippen LogP contribution in [0.2, 0.25) is 0 Å². The van der Waals surface area contributed by atoms with E-state index in [4.69, 9.17) is 0 Å². The van der Waals surface area contributed by atoms with E-state index in [9.17, 15) is 15.0 Å². The number of aromatic hydroxyl groups is 2. The number of benzene rings is 1. The first-order valence-electron chi connectivity index (χ1n) is 4.52. The van der Waals surface area contributed by atoms with Gasteiger partial charge in [0.2, 0.25) is 0 Å². The highest BCUT2D eigenvalue weighted by atomic mass is 16.3. The highest BCUT2D eigenvalue weighted by Crippen LogP contribution is 2.33. The molecule has 0 saturated carbocycles. The lowest BCUT2D eigenvalue weighted by molar-refractivity contribution is -0.107. The molecule has 0 heterocycles. The van der Waals surface area contributed by atoms with Crippen molar-refractivity contribution in [2.45, 2.75) is 26.7 Å². The van der Waals surface area contributed by atoms with E-state index in [-0.39, 0.29) is 11.5 Å². The van der Waals surface area contributed by atoms with E-state index in [1.807, 2.05) is 6.92 Å². The van der Waals surface area contributed by atoms with E-state index in [1.165, 1.54) is 6.07 Å². The van der Waals surface area contributed by atoms with Gasteiger partial charge in [-0.15, -0.1) is 0 Å². The minimum Gasteiger partial charge on any atom is -0.504 e. The molecule has 0 aromatic heterocycles. The molecular weight excluding hydrogens is 180 g/mol. The smallest absolute Gasteiger partial charge is 0.160 e. The van der Waals surface area contributed by atoms with Crippen molar-refractivity contribution < 1.29 is 15.0 Å². The largest absolute Gasteiger partial charge is 0.504 e. The second-order valence-electron chi connectivity index (χ2n) is 3.36. The van der Waals surface area contributed by atoms with Crippen LogP contribution in [-0.2, 0) is 11.2 Å². The quantitative estimate of drug-likeness (QED) is 0.570. The number of hydrogen-bond acceptors (Lipinski definition) is 3. The molecule has 0 amide bonds. The van der Waals surface area contributed by atoms with Crippen LogP contribution in [0.4, 0.5) is 0 Å². The zero-order chi connectivity index (χ0) is 10.7. The minimum atomic E-state index is -0.117. The molecule has 0 fully saturated rings. The predicted octanol–water partition coefficient (Wildman–Crippen LogP) is 1.85. The van der Waals surface area contributed by atoms with Gasteiger partial charge in [-0.05, 0) is 43.0 Å². The van der Waals surface area contributed by atoms with Crippen LogP contribution in [0.1, 0.15) is 23.1 Å². The summed E-state index contributed by atoms with van der Waals surface area (Å²) in [6.07, 6.45) is 1.88. The summed E-state index contributed by atoms with van der Waals surface area (Å²) in [4.78, 5) is 10.2. The van der Waals surface area contributed by atoms with Gasteiger partial charge in [0.1, 0.15) is 6.29 Å². The van der Waals surface area contributed by atoms with Crippen LogP contribution < -0.4 is 0 Å². The van der Waals surface area contributed by atoms with Gasteiger partial charge in [-0.1, -0.05) is 0 Å². The van der Waals surface area contributed by atoms with Crippen molar-refractivity contribution in [2.24, 2.45) is 0 Å². The van der Waals surface area contributed by atoms with E-state index in [0.29, 0.717) is 18.4 Å². The summed E-state index contributed by atoms with van der Waals surface area (Å²) in [6, 6.07) is 1.52. The van der Waals surface area contributed by atoms with Crippen molar-refractivity contribution in [3.8, 4) is 11.5 Å². The molecule has 0 saturated heterocycles. The third kappa shape index (κ3) is 1.87. The molecule has 0 unspecified atom stereocenters. The van der Waals surface area contributed by atoms with Crippen molar-refractivity contribution in [3.63, 3.8) is 0 Å². The molecular formula is C11H14O3. The topological polar surface area (TPSA) is 57.5 Å². The summed E-state index contributed by atoms with van der Waals surface area (Å²) in [6.45, 7) is 3.61. The Balaban J connectivity index is 3.12. The van der Waals surface area contributed by atoms with Gasteiger partial charge in [-0.25, -0.2) is 0 Å². The van der Waals surface area contributed by atoms with Crippen molar-refractivity contribution >= 4 is 6.29 Å². The van der Waals surface area contributed by atoms with Crippen LogP contribution in [-0.4, -0.2) is 16.5 Å². The molecule has 0 atom stereocenters. The summed E-state index contributed by atoms with van der Waals surface area (Å²) >= 11 is 0. The number of carbonyl (C=O) groups is 1. The van der Waals surface area contributed by atoms with E-state index < -0.39 is 0 Å². The minimum absolute atomic E-state index is 0.0719. The SMILES string of the molecule is Cc1c(CCC=O)cc(O)c(O)c1C. The first-order chi connectivity index (χ1) is 6.57. The summed E-state index contributed by atoms with van der Waals surface area (Å²) in [7, 11) is 0. The Hall–Kier alpha value is -1.51. The maximum absolute atomic E-state index is 10.2. The van der Waals surface area contributed by atoms with Crippen LogP contribution in [0, 0.1) is 13.8 Å². The van der Waals surface area contributed by atoms with Crippen molar-refractivity contribution in [1.29, 1.82) is 0 Å². The molecule has 76 valence electrons. The highest BCUT2D eigenvalue weighted by molar-refractivity contribution is 5.54. The van der Waals surface area contributed by atoms with E-state index in [1.54, 1.807) is 6.92 Å². The van der Waals surface area contributed by atoms with E-state index >= 15 is 0 Å². The predicted molar refractivity (Wildman–Crippen MR) is 53.6 cm³/mol. The first kappa shape index (κ1) is 10.6. The van der Waals surface area contributed by atoms with Crippen LogP contribution in [0.25, 0.3) is 0 Å². The molecule has 1 aromatic carbocycles. The normalized spacial score (nSPS) is 10.1. The number of aldehydes is 1. The lowest BCUT2D eigenvalue weighted by Gasteiger charge is -2.10. The van der Waals surface area contributed by atoms with E-state index in [2.05, 4.69) is 0 Å². The summed E-state index contributed by atoms with van der Waals surface area (Å²) in [5, 5.41) is 18.8. The van der Waals surface area contributed by atoms with Gasteiger partial charge in [0.15, 0.2) is 11.5 Å². The summed E-state index contributed by atoms with van der Waals surface area (Å²) in [5.41, 5.74) is 2.51. The average molecular weight is 194 g/mol. The molecule has 3 heteroatoms. The summed E-state index contributed by atoms with van der Waals surface area (Å²) < 4.78 is 0. The van der Waals surface area contributed by atoms with Crippen LogP contribution in [0.15, 0.2) is 6.07 Å². The first-order valence-corrected chi connectivity index (χ1v) is 4.52. The number of phenolic OH excluding ortho intramolecular Hbond substituents is 2. The molecule has 1 rings (SSSR count). The van der Waals surface area contributed by atoms with Crippen LogP contribution in [0.5, 0.6) is 11.5 Å². The van der Waals surface area contributed by atoms with Crippen LogP contribution >= 0.6 is 0 Å². The van der Waals surface area contributed by atoms with Gasteiger partial charge in [-0.2, -0.15) is 0 Å². The van der Waals surface area contributed by atoms with E-state index in [0.717, 1.165) is 17.4 Å². The molecule has 1 aromatic rings. The lowest BCUT2D eigenvalue weighted by atomic mass is 9.98. The molecule has 14 heavy (non-hydrogen) atoms. The Morgan fingerprint density at radius 3 is 2.50 bits per heavy atom. The Labute approximate surface area is 83.0 Å². The molecule has 2 N–H and O–H groups in total. The Kier molecular flexibility index (Phi) is 3.12. The van der Waals surface area contributed by atoms with Crippen molar-refractivity contribution in [1.82, 2.24) is 0 Å². The summed E-state index contributed by atoms with van der Waals surface area (Å²) in [5.74, 6) is -0.189. The fourth-order valence-electron chi connectivity index (χ4n) is 1.43. The van der Waals surface area contributed by atoms with Gasteiger partial charge in [0.05, 0.1) is 0 Å². The third-order valence-electron chi connectivity index (χ3n) is 2.48. The zero-order valence-electron chi connectivity index (χ0n) is 8.37. The van der Waals surface area contributed by atoms with Gasteiger partial charge in [0.25, 0.3) is 0 Å². The highest BCUT2D eigenvalue weighted by Gasteiger charge is 2.10. The Bertz CT molecular complexity index is 356. The lowest BCUT2D eigenvalue weighted by Crippen LogP contribution is -1.94. The van der Waals surface area contributed by atoms with Gasteiger partial charge >= 0.3 is 0 Å². The van der Waals surface area contributed by atoms with Crippen LogP contribution in [0.3, 0.4) is 0 Å². The molecule has 0 radical (unpaired) electrons. The number of hydrogen-bond donors (Lipinski definition) is 2. The number of aryl methyl sites for hydroxylation is 1. The van der Waals surface area contributed by atoms with Crippen molar-refractivity contribution in [2.75, 3.05) is 0 Å². The number of carbonyl (C=O) groups excluding carboxylic acids is 1. The third-order valence-corrected chi connectivity index (χ3v) is 2.48. The average Bonchev–Trinajstić information content (AvgIpc) is 2.18. The number of phenols is 2. The second-order valence-corrected chi connectivity index (χ2v) is 3.36. The fraction of sp³-hybridized carbons (Fsp3) is 0.364. The molecule has 0 spiro atoms. The molecule has 0 bridgehead atoms. The second kappa shape index (κ2) is 4.13. The fourth-order valence-corrected chi connectivity index (χ4v) is 1.43. The molecule has 3 nitrogen and oxygen atoms in total.